The highest BCUT2D eigenvalue weighted by molar-refractivity contribution is 14.1. The lowest BCUT2D eigenvalue weighted by molar-refractivity contribution is -0.134. The number of amides is 1. The molecule has 0 aliphatic carbocycles. The van der Waals surface area contributed by atoms with Crippen molar-refractivity contribution in [1.82, 2.24) is 4.90 Å². The molecule has 1 aliphatic rings. The Balaban J connectivity index is 2.24. The molecule has 0 aromatic heterocycles. The van der Waals surface area contributed by atoms with Crippen molar-refractivity contribution in [3.63, 3.8) is 0 Å². The Morgan fingerprint density at radius 3 is 2.48 bits per heavy atom. The lowest BCUT2D eigenvalue weighted by Crippen LogP contribution is -2.43. The first-order valence-electron chi connectivity index (χ1n) is 8.44. The minimum atomic E-state index is -0.0601. The number of methoxy groups -OCH3 is 1. The second-order valence-corrected chi connectivity index (χ2v) is 8.89. The predicted molar refractivity (Wildman–Crippen MR) is 103 cm³/mol. The van der Waals surface area contributed by atoms with Crippen molar-refractivity contribution < 1.29 is 9.53 Å². The van der Waals surface area contributed by atoms with Crippen LogP contribution in [0.5, 0.6) is 0 Å². The molecule has 1 amide bonds. The van der Waals surface area contributed by atoms with Gasteiger partial charge in [-0.1, -0.05) is 73.7 Å². The van der Waals surface area contributed by atoms with Crippen LogP contribution in [0.3, 0.4) is 0 Å². The summed E-state index contributed by atoms with van der Waals surface area (Å²) in [6.07, 6.45) is 1.04. The highest BCUT2D eigenvalue weighted by atomic mass is 127. The van der Waals surface area contributed by atoms with Crippen LogP contribution in [0, 0.1) is 11.8 Å². The highest BCUT2D eigenvalue weighted by Crippen LogP contribution is 2.34. The standard InChI is InChI=1S/C19H28INO2/c1-13(2)18(16-8-6-5-7-9-16)19(22)21-11-15(12-23-4)10-17(21)14(3)20/h5-9,13-15,17-18H,10-12H2,1-4H3/t14?,15?,17-,18?/m0/s1. The quantitative estimate of drug-likeness (QED) is 0.503. The fraction of sp³-hybridized carbons (Fsp3) is 0.632. The number of ether oxygens (including phenoxy) is 1. The largest absolute Gasteiger partial charge is 0.384 e. The molecular formula is C19H28INO2. The van der Waals surface area contributed by atoms with Crippen molar-refractivity contribution in [2.24, 2.45) is 11.8 Å². The first kappa shape index (κ1) is 18.7. The Morgan fingerprint density at radius 2 is 1.96 bits per heavy atom. The average Bonchev–Trinajstić information content (AvgIpc) is 2.93. The third-order valence-corrected chi connectivity index (χ3v) is 5.57. The smallest absolute Gasteiger partial charge is 0.230 e. The second kappa shape index (κ2) is 8.47. The molecule has 1 fully saturated rings. The van der Waals surface area contributed by atoms with E-state index in [-0.39, 0.29) is 17.7 Å². The van der Waals surface area contributed by atoms with E-state index in [1.165, 1.54) is 0 Å². The molecule has 2 rings (SSSR count). The number of hydrogen-bond acceptors (Lipinski definition) is 2. The number of likely N-dealkylation sites (tertiary alicyclic amines) is 1. The van der Waals surface area contributed by atoms with Crippen molar-refractivity contribution in [3.8, 4) is 0 Å². The number of carbonyl (C=O) groups excluding carboxylic acids is 1. The number of alkyl halides is 1. The van der Waals surface area contributed by atoms with Crippen molar-refractivity contribution >= 4 is 28.5 Å². The van der Waals surface area contributed by atoms with E-state index in [1.807, 2.05) is 18.2 Å². The van der Waals surface area contributed by atoms with Gasteiger partial charge in [0.15, 0.2) is 0 Å². The number of hydrogen-bond donors (Lipinski definition) is 0. The zero-order valence-corrected chi connectivity index (χ0v) is 16.7. The monoisotopic (exact) mass is 429 g/mol. The lowest BCUT2D eigenvalue weighted by atomic mass is 9.87. The van der Waals surface area contributed by atoms with Gasteiger partial charge in [-0.25, -0.2) is 0 Å². The van der Waals surface area contributed by atoms with Crippen LogP contribution < -0.4 is 0 Å². The van der Waals surface area contributed by atoms with Gasteiger partial charge in [-0.3, -0.25) is 4.79 Å². The van der Waals surface area contributed by atoms with E-state index in [0.29, 0.717) is 15.9 Å². The van der Waals surface area contributed by atoms with E-state index in [0.717, 1.165) is 25.1 Å². The third kappa shape index (κ3) is 4.47. The molecule has 0 bridgehead atoms. The molecule has 3 nitrogen and oxygen atoms in total. The molecule has 1 aromatic rings. The van der Waals surface area contributed by atoms with E-state index in [1.54, 1.807) is 7.11 Å². The molecule has 0 radical (unpaired) electrons. The zero-order chi connectivity index (χ0) is 17.0. The SMILES string of the molecule is COCC1C[C@@H](C(C)I)N(C(=O)C(c2ccccc2)C(C)C)C1. The molecule has 0 saturated carbocycles. The van der Waals surface area contributed by atoms with Crippen LogP contribution >= 0.6 is 22.6 Å². The van der Waals surface area contributed by atoms with Gasteiger partial charge in [0, 0.05) is 29.5 Å². The van der Waals surface area contributed by atoms with Crippen LogP contribution in [0.25, 0.3) is 0 Å². The van der Waals surface area contributed by atoms with Crippen LogP contribution in [-0.2, 0) is 9.53 Å². The molecule has 1 heterocycles. The molecule has 0 spiro atoms. The number of benzene rings is 1. The minimum absolute atomic E-state index is 0.0601. The molecule has 0 N–H and O–H groups in total. The van der Waals surface area contributed by atoms with E-state index in [9.17, 15) is 4.79 Å². The van der Waals surface area contributed by atoms with Crippen LogP contribution in [0.15, 0.2) is 30.3 Å². The minimum Gasteiger partial charge on any atom is -0.384 e. The summed E-state index contributed by atoms with van der Waals surface area (Å²) in [5.41, 5.74) is 1.13. The molecule has 4 heteroatoms. The maximum absolute atomic E-state index is 13.3. The normalized spacial score (nSPS) is 24.0. The molecule has 1 aliphatic heterocycles. The van der Waals surface area contributed by atoms with Gasteiger partial charge in [-0.05, 0) is 17.9 Å². The van der Waals surface area contributed by atoms with Gasteiger partial charge in [0.2, 0.25) is 5.91 Å². The fourth-order valence-electron chi connectivity index (χ4n) is 3.65. The topological polar surface area (TPSA) is 29.5 Å². The van der Waals surface area contributed by atoms with Gasteiger partial charge < -0.3 is 9.64 Å². The van der Waals surface area contributed by atoms with Crippen LogP contribution in [-0.4, -0.2) is 41.0 Å². The molecule has 3 unspecified atom stereocenters. The molecule has 1 saturated heterocycles. The zero-order valence-electron chi connectivity index (χ0n) is 14.5. The van der Waals surface area contributed by atoms with E-state index >= 15 is 0 Å². The summed E-state index contributed by atoms with van der Waals surface area (Å²) in [6, 6.07) is 10.5. The van der Waals surface area contributed by atoms with Gasteiger partial charge in [0.05, 0.1) is 12.5 Å². The molecule has 4 atom stereocenters. The fourth-order valence-corrected chi connectivity index (χ4v) is 4.34. The predicted octanol–water partition coefficient (Wildman–Crippen LogP) is 4.11. The van der Waals surface area contributed by atoms with Crippen molar-refractivity contribution in [3.05, 3.63) is 35.9 Å². The summed E-state index contributed by atoms with van der Waals surface area (Å²) in [4.78, 5) is 15.5. The second-order valence-electron chi connectivity index (χ2n) is 6.92. The summed E-state index contributed by atoms with van der Waals surface area (Å²) < 4.78 is 5.78. The lowest BCUT2D eigenvalue weighted by Gasteiger charge is -2.32. The van der Waals surface area contributed by atoms with E-state index in [2.05, 4.69) is 60.4 Å². The summed E-state index contributed by atoms with van der Waals surface area (Å²) >= 11 is 2.45. The third-order valence-electron chi connectivity index (χ3n) is 4.74. The van der Waals surface area contributed by atoms with Crippen molar-refractivity contribution in [2.75, 3.05) is 20.3 Å². The van der Waals surface area contributed by atoms with Gasteiger partial charge in [0.25, 0.3) is 0 Å². The summed E-state index contributed by atoms with van der Waals surface area (Å²) in [7, 11) is 1.74. The number of halogens is 1. The van der Waals surface area contributed by atoms with Crippen LogP contribution in [0.2, 0.25) is 0 Å². The van der Waals surface area contributed by atoms with Gasteiger partial charge in [-0.15, -0.1) is 0 Å². The maximum atomic E-state index is 13.3. The Bertz CT molecular complexity index is 503. The molecule has 1 aromatic carbocycles. The van der Waals surface area contributed by atoms with Crippen LogP contribution in [0.1, 0.15) is 38.7 Å². The number of rotatable bonds is 6. The van der Waals surface area contributed by atoms with E-state index < -0.39 is 0 Å². The summed E-state index contributed by atoms with van der Waals surface area (Å²) in [6.45, 7) is 8.04. The van der Waals surface area contributed by atoms with Gasteiger partial charge >= 0.3 is 0 Å². The van der Waals surface area contributed by atoms with Gasteiger partial charge in [0.1, 0.15) is 0 Å². The first-order chi connectivity index (χ1) is 11.0. The number of carbonyl (C=O) groups is 1. The Morgan fingerprint density at radius 1 is 1.30 bits per heavy atom. The van der Waals surface area contributed by atoms with E-state index in [4.69, 9.17) is 4.74 Å². The Hall–Kier alpha value is -0.620. The summed E-state index contributed by atoms with van der Waals surface area (Å²) in [5, 5.41) is 0. The van der Waals surface area contributed by atoms with Crippen molar-refractivity contribution in [2.45, 2.75) is 43.1 Å². The summed E-state index contributed by atoms with van der Waals surface area (Å²) in [5.74, 6) is 0.958. The van der Waals surface area contributed by atoms with Gasteiger partial charge in [-0.2, -0.15) is 0 Å². The molecular weight excluding hydrogens is 401 g/mol. The Labute approximate surface area is 153 Å². The maximum Gasteiger partial charge on any atom is 0.230 e. The Kier molecular flexibility index (Phi) is 6.89. The molecule has 128 valence electrons. The first-order valence-corrected chi connectivity index (χ1v) is 9.68. The molecule has 23 heavy (non-hydrogen) atoms. The average molecular weight is 429 g/mol. The highest BCUT2D eigenvalue weighted by Gasteiger charge is 2.40. The number of nitrogens with zero attached hydrogens (tertiary/aromatic N) is 1. The van der Waals surface area contributed by atoms with Crippen molar-refractivity contribution in [1.29, 1.82) is 0 Å². The van der Waals surface area contributed by atoms with Crippen LogP contribution in [0.4, 0.5) is 0 Å².